The third kappa shape index (κ3) is 4.02. The number of hydrogen-bond acceptors (Lipinski definition) is 5. The van der Waals surface area contributed by atoms with Crippen molar-refractivity contribution in [2.24, 2.45) is 0 Å². The van der Waals surface area contributed by atoms with Crippen LogP contribution in [0.5, 0.6) is 0 Å². The molecule has 0 saturated carbocycles. The molecule has 8 nitrogen and oxygen atoms in total. The summed E-state index contributed by atoms with van der Waals surface area (Å²) in [6.45, 7) is 2.95. The average Bonchev–Trinajstić information content (AvgIpc) is 3.30. The van der Waals surface area contributed by atoms with Gasteiger partial charge in [0.15, 0.2) is 0 Å². The van der Waals surface area contributed by atoms with Gasteiger partial charge < -0.3 is 0 Å². The number of rotatable bonds is 5. The van der Waals surface area contributed by atoms with Crippen molar-refractivity contribution < 1.29 is 21.8 Å². The number of H-pyrrole nitrogens is 1. The summed E-state index contributed by atoms with van der Waals surface area (Å²) in [4.78, 5) is 5.66. The summed E-state index contributed by atoms with van der Waals surface area (Å²) in [7, 11) is -6.94. The summed E-state index contributed by atoms with van der Waals surface area (Å²) in [5.41, 5.74) is 0. The summed E-state index contributed by atoms with van der Waals surface area (Å²) >= 11 is 0. The van der Waals surface area contributed by atoms with Crippen molar-refractivity contribution in [3.8, 4) is 0 Å². The van der Waals surface area contributed by atoms with Gasteiger partial charge in [-0.1, -0.05) is 18.2 Å². The maximum Gasteiger partial charge on any atom is 0.274 e. The summed E-state index contributed by atoms with van der Waals surface area (Å²) < 4.78 is 53.7. The van der Waals surface area contributed by atoms with Crippen LogP contribution >= 0.6 is 0 Å². The lowest BCUT2D eigenvalue weighted by molar-refractivity contribution is -0.367. The molecule has 0 bridgehead atoms. The Morgan fingerprint density at radius 3 is 1.83 bits per heavy atom. The maximum atomic E-state index is 12.7. The van der Waals surface area contributed by atoms with Gasteiger partial charge >= 0.3 is 0 Å². The van der Waals surface area contributed by atoms with E-state index in [-0.39, 0.29) is 4.90 Å². The van der Waals surface area contributed by atoms with Crippen LogP contribution in [0.25, 0.3) is 0 Å². The van der Waals surface area contributed by atoms with E-state index >= 15 is 0 Å². The van der Waals surface area contributed by atoms with Crippen molar-refractivity contribution in [2.45, 2.75) is 22.6 Å². The lowest BCUT2D eigenvalue weighted by Gasteiger charge is -2.30. The van der Waals surface area contributed by atoms with Gasteiger partial charge in [0.25, 0.3) is 5.82 Å². The fraction of sp³-hybridized carbons (Fsp3) is 0.421. The summed E-state index contributed by atoms with van der Waals surface area (Å²) in [5, 5.41) is 0. The first-order valence-corrected chi connectivity index (χ1v) is 12.6. The second-order valence-corrected chi connectivity index (χ2v) is 11.1. The minimum Gasteiger partial charge on any atom is -0.259 e. The molecule has 3 heterocycles. The quantitative estimate of drug-likeness (QED) is 0.690. The number of nitrogens with one attached hydrogen (secondary N) is 1. The SMILES string of the molecule is O=S(=O)(c1ccc(N2CCN(S(=O)(=O)c3ccccc3)CC2)[nH+]c1)N1CCCC1. The zero-order valence-electron chi connectivity index (χ0n) is 16.1. The maximum absolute atomic E-state index is 12.7. The first-order chi connectivity index (χ1) is 13.9. The molecule has 0 unspecified atom stereocenters. The molecule has 0 atom stereocenters. The summed E-state index contributed by atoms with van der Waals surface area (Å²) in [6, 6.07) is 11.8. The van der Waals surface area contributed by atoms with Crippen LogP contribution in [0.3, 0.4) is 0 Å². The molecule has 2 aliphatic heterocycles. The molecule has 0 aliphatic carbocycles. The number of pyridine rings is 1. The molecule has 10 heteroatoms. The lowest BCUT2D eigenvalue weighted by Crippen LogP contribution is -2.49. The number of aromatic amines is 1. The van der Waals surface area contributed by atoms with Gasteiger partial charge in [0, 0.05) is 19.2 Å². The van der Waals surface area contributed by atoms with Crippen LogP contribution in [0.4, 0.5) is 5.82 Å². The minimum atomic E-state index is -3.49. The predicted octanol–water partition coefficient (Wildman–Crippen LogP) is 0.796. The molecule has 2 saturated heterocycles. The highest BCUT2D eigenvalue weighted by Crippen LogP contribution is 2.22. The molecular weight excluding hydrogens is 412 g/mol. The van der Waals surface area contributed by atoms with Crippen LogP contribution in [-0.4, -0.2) is 64.7 Å². The number of piperazine rings is 1. The fourth-order valence-electron chi connectivity index (χ4n) is 3.75. The second kappa shape index (κ2) is 8.02. The van der Waals surface area contributed by atoms with Crippen molar-refractivity contribution >= 4 is 25.9 Å². The van der Waals surface area contributed by atoms with E-state index in [1.165, 1.54) is 14.8 Å². The normalized spacial score (nSPS) is 19.5. The summed E-state index contributed by atoms with van der Waals surface area (Å²) in [5.74, 6) is 0.780. The molecule has 4 rings (SSSR count). The van der Waals surface area contributed by atoms with Gasteiger partial charge in [-0.2, -0.15) is 8.61 Å². The van der Waals surface area contributed by atoms with E-state index in [0.29, 0.717) is 44.2 Å². The van der Waals surface area contributed by atoms with E-state index < -0.39 is 20.0 Å². The Kier molecular flexibility index (Phi) is 5.60. The van der Waals surface area contributed by atoms with Crippen LogP contribution < -0.4 is 9.88 Å². The van der Waals surface area contributed by atoms with Crippen molar-refractivity contribution in [3.05, 3.63) is 48.7 Å². The molecule has 29 heavy (non-hydrogen) atoms. The van der Waals surface area contributed by atoms with Gasteiger partial charge in [-0.05, 0) is 31.0 Å². The molecule has 1 N–H and O–H groups in total. The molecule has 1 aromatic heterocycles. The molecule has 2 aliphatic rings. The highest BCUT2D eigenvalue weighted by molar-refractivity contribution is 7.89. The highest BCUT2D eigenvalue weighted by atomic mass is 32.2. The Morgan fingerprint density at radius 1 is 0.655 bits per heavy atom. The van der Waals surface area contributed by atoms with E-state index in [0.717, 1.165) is 18.7 Å². The molecule has 2 fully saturated rings. The molecule has 1 aromatic carbocycles. The predicted molar refractivity (Wildman–Crippen MR) is 108 cm³/mol. The molecule has 0 spiro atoms. The molecule has 0 radical (unpaired) electrons. The number of anilines is 1. The Bertz CT molecular complexity index is 1040. The van der Waals surface area contributed by atoms with Gasteiger partial charge in [-0.25, -0.2) is 21.8 Å². The van der Waals surface area contributed by atoms with Crippen LogP contribution in [0.1, 0.15) is 12.8 Å². The van der Waals surface area contributed by atoms with Gasteiger partial charge in [0.05, 0.1) is 31.1 Å². The Morgan fingerprint density at radius 2 is 1.24 bits per heavy atom. The van der Waals surface area contributed by atoms with Crippen LogP contribution in [0.2, 0.25) is 0 Å². The number of hydrogen-bond donors (Lipinski definition) is 0. The van der Waals surface area contributed by atoms with E-state index in [2.05, 4.69) is 4.98 Å². The van der Waals surface area contributed by atoms with Gasteiger partial charge in [0.2, 0.25) is 20.0 Å². The van der Waals surface area contributed by atoms with Crippen LogP contribution in [-0.2, 0) is 20.0 Å². The fourth-order valence-corrected chi connectivity index (χ4v) is 6.68. The average molecular weight is 438 g/mol. The van der Waals surface area contributed by atoms with E-state index in [4.69, 9.17) is 0 Å². The van der Waals surface area contributed by atoms with Crippen molar-refractivity contribution in [1.82, 2.24) is 8.61 Å². The molecule has 2 aromatic rings. The zero-order valence-corrected chi connectivity index (χ0v) is 17.7. The second-order valence-electron chi connectivity index (χ2n) is 7.22. The Hall–Kier alpha value is -2.01. The smallest absolute Gasteiger partial charge is 0.259 e. The number of sulfonamides is 2. The molecule has 0 amide bonds. The first kappa shape index (κ1) is 20.3. The van der Waals surface area contributed by atoms with Gasteiger partial charge in [0.1, 0.15) is 11.1 Å². The monoisotopic (exact) mass is 437 g/mol. The third-order valence-corrected chi connectivity index (χ3v) is 9.24. The van der Waals surface area contributed by atoms with Crippen LogP contribution in [0, 0.1) is 0 Å². The largest absolute Gasteiger partial charge is 0.274 e. The van der Waals surface area contributed by atoms with E-state index in [9.17, 15) is 16.8 Å². The van der Waals surface area contributed by atoms with Crippen molar-refractivity contribution in [1.29, 1.82) is 0 Å². The summed E-state index contributed by atoms with van der Waals surface area (Å²) in [6.07, 6.45) is 3.32. The Balaban J connectivity index is 1.43. The minimum absolute atomic E-state index is 0.258. The number of benzene rings is 1. The third-order valence-electron chi connectivity index (χ3n) is 5.43. The van der Waals surface area contributed by atoms with E-state index in [1.807, 2.05) is 4.90 Å². The highest BCUT2D eigenvalue weighted by Gasteiger charge is 2.32. The standard InChI is InChI=1S/C19H24N4O4S2/c24-28(25,17-6-2-1-3-7-17)23-14-12-21(13-15-23)19-9-8-18(16-20-19)29(26,27)22-10-4-5-11-22/h1-3,6-9,16H,4-5,10-15H2/p+1. The van der Waals surface area contributed by atoms with Gasteiger partial charge in [-0.3, -0.25) is 4.90 Å². The van der Waals surface area contributed by atoms with E-state index in [1.54, 1.807) is 42.5 Å². The van der Waals surface area contributed by atoms with Crippen LogP contribution in [0.15, 0.2) is 58.5 Å². The zero-order chi connectivity index (χ0) is 20.5. The molecular formula is C19H25N4O4S2+. The lowest BCUT2D eigenvalue weighted by atomic mass is 10.3. The number of nitrogens with zero attached hydrogens (tertiary/aromatic N) is 3. The van der Waals surface area contributed by atoms with Crippen molar-refractivity contribution in [2.75, 3.05) is 44.2 Å². The van der Waals surface area contributed by atoms with Crippen molar-refractivity contribution in [3.63, 3.8) is 0 Å². The molecule has 156 valence electrons. The first-order valence-electron chi connectivity index (χ1n) is 9.71. The Labute approximate surface area is 171 Å². The topological polar surface area (TPSA) is 92.1 Å². The van der Waals surface area contributed by atoms with Gasteiger partial charge in [-0.15, -0.1) is 0 Å². The number of aromatic nitrogens is 1.